The summed E-state index contributed by atoms with van der Waals surface area (Å²) in [5, 5.41) is 12.3. The first-order valence-electron chi connectivity index (χ1n) is 6.40. The lowest BCUT2D eigenvalue weighted by atomic mass is 10.2. The van der Waals surface area contributed by atoms with Gasteiger partial charge < -0.3 is 19.9 Å². The molecule has 5 nitrogen and oxygen atoms in total. The van der Waals surface area contributed by atoms with Crippen LogP contribution in [0.2, 0.25) is 0 Å². The third kappa shape index (κ3) is 3.86. The van der Waals surface area contributed by atoms with E-state index in [9.17, 15) is 4.79 Å². The summed E-state index contributed by atoms with van der Waals surface area (Å²) >= 11 is 0. The molecule has 5 heteroatoms. The van der Waals surface area contributed by atoms with Crippen molar-refractivity contribution in [2.24, 2.45) is 0 Å². The molecule has 0 saturated heterocycles. The van der Waals surface area contributed by atoms with Gasteiger partial charge in [-0.05, 0) is 37.5 Å². The molecule has 0 spiro atoms. The molecule has 0 radical (unpaired) electrons. The zero-order valence-corrected chi connectivity index (χ0v) is 11.2. The van der Waals surface area contributed by atoms with Crippen molar-refractivity contribution in [3.63, 3.8) is 0 Å². The molecule has 1 unspecified atom stereocenters. The molecule has 0 bridgehead atoms. The number of carboxylic acids is 1. The van der Waals surface area contributed by atoms with Crippen LogP contribution in [0.5, 0.6) is 11.5 Å². The number of hydrogen-bond acceptors (Lipinski definition) is 4. The van der Waals surface area contributed by atoms with Crippen molar-refractivity contribution in [3.8, 4) is 11.5 Å². The molecule has 19 heavy (non-hydrogen) atoms. The molecular weight excluding hydrogens is 246 g/mol. The smallest absolute Gasteiger partial charge is 0.344 e. The van der Waals surface area contributed by atoms with Gasteiger partial charge in [0, 0.05) is 12.6 Å². The number of rotatable bonds is 7. The van der Waals surface area contributed by atoms with E-state index >= 15 is 0 Å². The lowest BCUT2D eigenvalue weighted by molar-refractivity contribution is -0.144. The van der Waals surface area contributed by atoms with Crippen LogP contribution in [-0.4, -0.2) is 30.3 Å². The molecular formula is C14H19NO4. The minimum absolute atomic E-state index is 0.451. The molecule has 104 valence electrons. The molecule has 1 aliphatic carbocycles. The highest BCUT2D eigenvalue weighted by Crippen LogP contribution is 2.29. The minimum atomic E-state index is -0.999. The molecule has 1 aromatic carbocycles. The predicted octanol–water partition coefficient (Wildman–Crippen LogP) is 1.80. The average Bonchev–Trinajstić information content (AvgIpc) is 3.21. The summed E-state index contributed by atoms with van der Waals surface area (Å²) in [6.07, 6.45) is 1.59. The maximum Gasteiger partial charge on any atom is 0.344 e. The number of methoxy groups -OCH3 is 1. The molecule has 2 rings (SSSR count). The second kappa shape index (κ2) is 5.93. The monoisotopic (exact) mass is 265 g/mol. The molecule has 1 atom stereocenters. The zero-order chi connectivity index (χ0) is 13.8. The molecule has 1 aromatic rings. The first-order chi connectivity index (χ1) is 9.10. The van der Waals surface area contributed by atoms with Crippen LogP contribution in [0.4, 0.5) is 0 Å². The fourth-order valence-electron chi connectivity index (χ4n) is 1.71. The Bertz CT molecular complexity index is 457. The van der Waals surface area contributed by atoms with Gasteiger partial charge in [-0.3, -0.25) is 0 Å². The van der Waals surface area contributed by atoms with Crippen LogP contribution in [0.1, 0.15) is 25.3 Å². The summed E-state index contributed by atoms with van der Waals surface area (Å²) < 4.78 is 10.6. The maximum absolute atomic E-state index is 10.8. The molecule has 0 aliphatic heterocycles. The van der Waals surface area contributed by atoms with E-state index in [0.29, 0.717) is 17.5 Å². The van der Waals surface area contributed by atoms with E-state index < -0.39 is 12.1 Å². The highest BCUT2D eigenvalue weighted by Gasteiger charge is 2.20. The first kappa shape index (κ1) is 13.7. The van der Waals surface area contributed by atoms with Crippen molar-refractivity contribution in [1.29, 1.82) is 0 Å². The Morgan fingerprint density at radius 1 is 1.47 bits per heavy atom. The summed E-state index contributed by atoms with van der Waals surface area (Å²) in [5.41, 5.74) is 1.10. The van der Waals surface area contributed by atoms with Gasteiger partial charge in [0.05, 0.1) is 7.11 Å². The predicted molar refractivity (Wildman–Crippen MR) is 70.6 cm³/mol. The third-order valence-electron chi connectivity index (χ3n) is 3.05. The number of carboxylic acid groups (broad SMARTS) is 1. The number of benzene rings is 1. The first-order valence-corrected chi connectivity index (χ1v) is 6.40. The normalized spacial score (nSPS) is 15.9. The van der Waals surface area contributed by atoms with Crippen LogP contribution < -0.4 is 14.8 Å². The summed E-state index contributed by atoms with van der Waals surface area (Å²) in [5.74, 6) is 0.0114. The number of carbonyl (C=O) groups is 1. The Balaban J connectivity index is 2.04. The molecule has 0 aromatic heterocycles. The van der Waals surface area contributed by atoms with E-state index in [4.69, 9.17) is 14.6 Å². The van der Waals surface area contributed by atoms with E-state index in [0.717, 1.165) is 12.1 Å². The summed E-state index contributed by atoms with van der Waals surface area (Å²) in [6.45, 7) is 2.28. The highest BCUT2D eigenvalue weighted by molar-refractivity contribution is 5.72. The summed E-state index contributed by atoms with van der Waals surface area (Å²) in [6, 6.07) is 6.19. The molecule has 1 fully saturated rings. The van der Waals surface area contributed by atoms with Crippen LogP contribution in [0.3, 0.4) is 0 Å². The Kier molecular flexibility index (Phi) is 4.27. The van der Waals surface area contributed by atoms with Gasteiger partial charge in [0.2, 0.25) is 0 Å². The standard InChI is InChI=1S/C14H19NO4/c1-9(14(16)17)19-12-6-3-10(7-13(12)18-2)8-15-11-4-5-11/h3,6-7,9,11,15H,4-5,8H2,1-2H3,(H,16,17). The van der Waals surface area contributed by atoms with E-state index in [1.54, 1.807) is 13.2 Å². The SMILES string of the molecule is COc1cc(CNC2CC2)ccc1OC(C)C(=O)O. The molecule has 0 heterocycles. The number of nitrogens with one attached hydrogen (secondary N) is 1. The van der Waals surface area contributed by atoms with E-state index in [-0.39, 0.29) is 0 Å². The van der Waals surface area contributed by atoms with Crippen LogP contribution in [0.25, 0.3) is 0 Å². The number of hydrogen-bond donors (Lipinski definition) is 2. The van der Waals surface area contributed by atoms with E-state index in [1.807, 2.05) is 12.1 Å². The largest absolute Gasteiger partial charge is 0.493 e. The third-order valence-corrected chi connectivity index (χ3v) is 3.05. The Labute approximate surface area is 112 Å². The van der Waals surface area contributed by atoms with Crippen molar-refractivity contribution >= 4 is 5.97 Å². The van der Waals surface area contributed by atoms with Gasteiger partial charge in [0.25, 0.3) is 0 Å². The second-order valence-corrected chi connectivity index (χ2v) is 4.74. The lowest BCUT2D eigenvalue weighted by Crippen LogP contribution is -2.23. The minimum Gasteiger partial charge on any atom is -0.493 e. The van der Waals surface area contributed by atoms with Crippen molar-refractivity contribution in [1.82, 2.24) is 5.32 Å². The van der Waals surface area contributed by atoms with Crippen LogP contribution >= 0.6 is 0 Å². The number of ether oxygens (including phenoxy) is 2. The fourth-order valence-corrected chi connectivity index (χ4v) is 1.71. The van der Waals surface area contributed by atoms with Crippen LogP contribution in [0, 0.1) is 0 Å². The lowest BCUT2D eigenvalue weighted by Gasteiger charge is -2.15. The Morgan fingerprint density at radius 2 is 2.21 bits per heavy atom. The van der Waals surface area contributed by atoms with Gasteiger partial charge in [-0.1, -0.05) is 6.07 Å². The molecule has 2 N–H and O–H groups in total. The molecule has 1 aliphatic rings. The van der Waals surface area contributed by atoms with Crippen molar-refractivity contribution in [2.45, 2.75) is 38.5 Å². The van der Waals surface area contributed by atoms with Crippen molar-refractivity contribution in [2.75, 3.05) is 7.11 Å². The van der Waals surface area contributed by atoms with Gasteiger partial charge in [-0.25, -0.2) is 4.79 Å². The van der Waals surface area contributed by atoms with Gasteiger partial charge in [0.15, 0.2) is 17.6 Å². The summed E-state index contributed by atoms with van der Waals surface area (Å²) in [4.78, 5) is 10.8. The highest BCUT2D eigenvalue weighted by atomic mass is 16.5. The second-order valence-electron chi connectivity index (χ2n) is 4.74. The van der Waals surface area contributed by atoms with Gasteiger partial charge >= 0.3 is 5.97 Å². The Hall–Kier alpha value is -1.75. The number of aliphatic carboxylic acids is 1. The summed E-state index contributed by atoms with van der Waals surface area (Å²) in [7, 11) is 1.55. The molecule has 1 saturated carbocycles. The average molecular weight is 265 g/mol. The fraction of sp³-hybridized carbons (Fsp3) is 0.500. The van der Waals surface area contributed by atoms with Gasteiger partial charge in [-0.15, -0.1) is 0 Å². The van der Waals surface area contributed by atoms with Crippen LogP contribution in [0.15, 0.2) is 18.2 Å². The quantitative estimate of drug-likeness (QED) is 0.787. The topological polar surface area (TPSA) is 67.8 Å². The van der Waals surface area contributed by atoms with Crippen LogP contribution in [-0.2, 0) is 11.3 Å². The Morgan fingerprint density at radius 3 is 2.79 bits per heavy atom. The van der Waals surface area contributed by atoms with Gasteiger partial charge in [-0.2, -0.15) is 0 Å². The van der Waals surface area contributed by atoms with Gasteiger partial charge in [0.1, 0.15) is 0 Å². The van der Waals surface area contributed by atoms with E-state index in [2.05, 4.69) is 5.32 Å². The van der Waals surface area contributed by atoms with E-state index in [1.165, 1.54) is 19.8 Å². The molecule has 0 amide bonds. The maximum atomic E-state index is 10.8. The van der Waals surface area contributed by atoms with Crippen molar-refractivity contribution < 1.29 is 19.4 Å². The van der Waals surface area contributed by atoms with Crippen molar-refractivity contribution in [3.05, 3.63) is 23.8 Å². The zero-order valence-electron chi connectivity index (χ0n) is 11.2.